The lowest BCUT2D eigenvalue weighted by Crippen LogP contribution is -2.45. The molecule has 5 nitrogen and oxygen atoms in total. The fourth-order valence-electron chi connectivity index (χ4n) is 1.76. The zero-order valence-electron chi connectivity index (χ0n) is 10.1. The zero-order valence-corrected chi connectivity index (χ0v) is 11.7. The van der Waals surface area contributed by atoms with Gasteiger partial charge in [-0.15, -0.1) is 0 Å². The van der Waals surface area contributed by atoms with Crippen LogP contribution in [-0.4, -0.2) is 61.9 Å². The second-order valence-electron chi connectivity index (χ2n) is 4.22. The van der Waals surface area contributed by atoms with Crippen molar-refractivity contribution in [1.82, 2.24) is 4.90 Å². The van der Waals surface area contributed by atoms with Crippen LogP contribution in [0, 0.1) is 0 Å². The van der Waals surface area contributed by atoms with Gasteiger partial charge in [0, 0.05) is 13.1 Å². The average molecular weight is 280 g/mol. The third kappa shape index (κ3) is 4.85. The quantitative estimate of drug-likeness (QED) is 0.765. The lowest BCUT2D eigenvalue weighted by molar-refractivity contribution is -0.132. The van der Waals surface area contributed by atoms with Gasteiger partial charge in [-0.2, -0.15) is 11.8 Å². The highest BCUT2D eigenvalue weighted by Gasteiger charge is 2.25. The molecule has 1 fully saturated rings. The summed E-state index contributed by atoms with van der Waals surface area (Å²) < 4.78 is 22.8. The van der Waals surface area contributed by atoms with Crippen LogP contribution < -0.4 is 5.73 Å². The topological polar surface area (TPSA) is 80.5 Å². The van der Waals surface area contributed by atoms with E-state index >= 15 is 0 Å². The molecule has 1 rings (SSSR count). The summed E-state index contributed by atoms with van der Waals surface area (Å²) in [4.78, 5) is 13.6. The molecule has 0 aromatic carbocycles. The molecular formula is C10H20N2O3S2. The minimum absolute atomic E-state index is 0.0635. The number of thioether (sulfide) groups is 1. The molecule has 0 spiro atoms. The molecule has 1 heterocycles. The van der Waals surface area contributed by atoms with Crippen LogP contribution in [0.4, 0.5) is 0 Å². The van der Waals surface area contributed by atoms with Gasteiger partial charge in [-0.25, -0.2) is 8.42 Å². The molecule has 0 bridgehead atoms. The van der Waals surface area contributed by atoms with Gasteiger partial charge in [0.25, 0.3) is 0 Å². The highest BCUT2D eigenvalue weighted by Crippen LogP contribution is 2.08. The molecule has 100 valence electrons. The first-order valence-corrected chi connectivity index (χ1v) is 8.91. The zero-order chi connectivity index (χ0) is 12.9. The Morgan fingerprint density at radius 1 is 1.41 bits per heavy atom. The van der Waals surface area contributed by atoms with Gasteiger partial charge in [-0.3, -0.25) is 4.79 Å². The van der Waals surface area contributed by atoms with Gasteiger partial charge in [-0.1, -0.05) is 0 Å². The van der Waals surface area contributed by atoms with Crippen molar-refractivity contribution in [1.29, 1.82) is 0 Å². The molecule has 0 aromatic rings. The van der Waals surface area contributed by atoms with Crippen molar-refractivity contribution in [2.24, 2.45) is 5.73 Å². The van der Waals surface area contributed by atoms with E-state index in [9.17, 15) is 13.2 Å². The van der Waals surface area contributed by atoms with Crippen molar-refractivity contribution in [3.8, 4) is 0 Å². The molecule has 1 amide bonds. The summed E-state index contributed by atoms with van der Waals surface area (Å²) in [6.07, 6.45) is 3.13. The average Bonchev–Trinajstić information content (AvgIpc) is 2.46. The SMILES string of the molecule is CSCC[C@@H](N)C(=O)N1CCCS(=O)(=O)CC1. The molecular weight excluding hydrogens is 260 g/mol. The maximum atomic E-state index is 12.0. The summed E-state index contributed by atoms with van der Waals surface area (Å²) >= 11 is 1.65. The Hall–Kier alpha value is -0.270. The lowest BCUT2D eigenvalue weighted by atomic mass is 10.2. The smallest absolute Gasteiger partial charge is 0.239 e. The van der Waals surface area contributed by atoms with Crippen LogP contribution in [0.25, 0.3) is 0 Å². The lowest BCUT2D eigenvalue weighted by Gasteiger charge is -2.23. The van der Waals surface area contributed by atoms with E-state index in [0.717, 1.165) is 5.75 Å². The number of hydrogen-bond acceptors (Lipinski definition) is 5. The van der Waals surface area contributed by atoms with Gasteiger partial charge >= 0.3 is 0 Å². The largest absolute Gasteiger partial charge is 0.340 e. The van der Waals surface area contributed by atoms with Crippen LogP contribution in [0.2, 0.25) is 0 Å². The molecule has 0 radical (unpaired) electrons. The molecule has 7 heteroatoms. The third-order valence-electron chi connectivity index (χ3n) is 2.82. The number of carbonyl (C=O) groups excluding carboxylic acids is 1. The van der Waals surface area contributed by atoms with Crippen LogP contribution in [-0.2, 0) is 14.6 Å². The molecule has 1 atom stereocenters. The highest BCUT2D eigenvalue weighted by molar-refractivity contribution is 7.98. The van der Waals surface area contributed by atoms with Crippen LogP contribution in [0.1, 0.15) is 12.8 Å². The molecule has 17 heavy (non-hydrogen) atoms. The number of nitrogens with two attached hydrogens (primary N) is 1. The summed E-state index contributed by atoms with van der Waals surface area (Å²) in [5.41, 5.74) is 5.80. The summed E-state index contributed by atoms with van der Waals surface area (Å²) in [6.45, 7) is 0.791. The Bertz CT molecular complexity index is 357. The van der Waals surface area contributed by atoms with E-state index in [1.165, 1.54) is 0 Å². The summed E-state index contributed by atoms with van der Waals surface area (Å²) in [5.74, 6) is 0.972. The van der Waals surface area contributed by atoms with Crippen molar-refractivity contribution < 1.29 is 13.2 Å². The predicted octanol–water partition coefficient (Wildman–Crippen LogP) is -0.286. The Morgan fingerprint density at radius 3 is 2.76 bits per heavy atom. The Labute approximate surface area is 107 Å². The maximum absolute atomic E-state index is 12.0. The van der Waals surface area contributed by atoms with Crippen LogP contribution >= 0.6 is 11.8 Å². The van der Waals surface area contributed by atoms with Crippen molar-refractivity contribution >= 4 is 27.5 Å². The molecule has 0 aliphatic carbocycles. The van der Waals surface area contributed by atoms with Crippen LogP contribution in [0.15, 0.2) is 0 Å². The first-order valence-electron chi connectivity index (χ1n) is 5.70. The first kappa shape index (κ1) is 14.8. The third-order valence-corrected chi connectivity index (χ3v) is 5.18. The van der Waals surface area contributed by atoms with Gasteiger partial charge in [0.1, 0.15) is 0 Å². The molecule has 1 aliphatic rings. The van der Waals surface area contributed by atoms with Gasteiger partial charge in [0.2, 0.25) is 5.91 Å². The monoisotopic (exact) mass is 280 g/mol. The van der Waals surface area contributed by atoms with Gasteiger partial charge in [0.15, 0.2) is 9.84 Å². The minimum Gasteiger partial charge on any atom is -0.340 e. The van der Waals surface area contributed by atoms with E-state index in [0.29, 0.717) is 19.4 Å². The first-order chi connectivity index (χ1) is 7.96. The fraction of sp³-hybridized carbons (Fsp3) is 0.900. The molecule has 0 saturated carbocycles. The van der Waals surface area contributed by atoms with E-state index in [4.69, 9.17) is 5.73 Å². The second kappa shape index (κ2) is 6.61. The van der Waals surface area contributed by atoms with Crippen molar-refractivity contribution in [3.05, 3.63) is 0 Å². The minimum atomic E-state index is -2.97. The Balaban J connectivity index is 2.52. The van der Waals surface area contributed by atoms with E-state index in [1.54, 1.807) is 16.7 Å². The standard InChI is InChI=1S/C10H20N2O3S2/c1-16-6-3-9(11)10(13)12-4-2-7-17(14,15)8-5-12/h9H,2-8,11H2,1H3/t9-/m1/s1. The van der Waals surface area contributed by atoms with E-state index in [1.807, 2.05) is 6.26 Å². The van der Waals surface area contributed by atoms with Crippen LogP contribution in [0.5, 0.6) is 0 Å². The molecule has 0 aromatic heterocycles. The molecule has 1 saturated heterocycles. The number of nitrogens with zero attached hydrogens (tertiary/aromatic N) is 1. The molecule has 2 N–H and O–H groups in total. The van der Waals surface area contributed by atoms with Crippen molar-refractivity contribution in [2.75, 3.05) is 36.6 Å². The second-order valence-corrected chi connectivity index (χ2v) is 7.51. The number of hydrogen-bond donors (Lipinski definition) is 1. The summed E-state index contributed by atoms with van der Waals surface area (Å²) in [5, 5.41) is 0. The summed E-state index contributed by atoms with van der Waals surface area (Å²) in [7, 11) is -2.97. The number of carbonyl (C=O) groups is 1. The van der Waals surface area contributed by atoms with Crippen LogP contribution in [0.3, 0.4) is 0 Å². The Kier molecular flexibility index (Phi) is 5.75. The Morgan fingerprint density at radius 2 is 2.12 bits per heavy atom. The van der Waals surface area contributed by atoms with Gasteiger partial charge in [-0.05, 0) is 24.9 Å². The number of rotatable bonds is 4. The van der Waals surface area contributed by atoms with Crippen molar-refractivity contribution in [3.63, 3.8) is 0 Å². The molecule has 1 aliphatic heterocycles. The normalized spacial score (nSPS) is 21.9. The highest BCUT2D eigenvalue weighted by atomic mass is 32.2. The van der Waals surface area contributed by atoms with Gasteiger partial charge in [0.05, 0.1) is 17.5 Å². The van der Waals surface area contributed by atoms with E-state index < -0.39 is 15.9 Å². The maximum Gasteiger partial charge on any atom is 0.239 e. The van der Waals surface area contributed by atoms with Gasteiger partial charge < -0.3 is 10.6 Å². The summed E-state index contributed by atoms with van der Waals surface area (Å²) in [6, 6.07) is -0.497. The molecule has 0 unspecified atom stereocenters. The predicted molar refractivity (Wildman–Crippen MR) is 70.8 cm³/mol. The fourth-order valence-corrected chi connectivity index (χ4v) is 3.52. The number of amides is 1. The van der Waals surface area contributed by atoms with Crippen molar-refractivity contribution in [2.45, 2.75) is 18.9 Å². The number of sulfone groups is 1. The van der Waals surface area contributed by atoms with E-state index in [-0.39, 0.29) is 24.0 Å². The van der Waals surface area contributed by atoms with E-state index in [2.05, 4.69) is 0 Å².